The normalized spacial score (nSPS) is 14.3. The van der Waals surface area contributed by atoms with Crippen molar-refractivity contribution in [2.45, 2.75) is 33.7 Å². The number of nitrogens with one attached hydrogen (secondary N) is 1. The molecule has 0 aromatic carbocycles. The zero-order valence-corrected chi connectivity index (χ0v) is 12.0. The molecule has 4 N–H and O–H groups in total. The Morgan fingerprint density at radius 1 is 1.39 bits per heavy atom. The van der Waals surface area contributed by atoms with Crippen molar-refractivity contribution in [2.75, 3.05) is 20.1 Å². The van der Waals surface area contributed by atoms with Crippen molar-refractivity contribution < 1.29 is 10.0 Å². The molecule has 6 heteroatoms. The van der Waals surface area contributed by atoms with Crippen LogP contribution in [0.25, 0.3) is 0 Å². The second-order valence-electron chi connectivity index (χ2n) is 5.11. The fourth-order valence-electron chi connectivity index (χ4n) is 1.56. The van der Waals surface area contributed by atoms with E-state index < -0.39 is 5.92 Å². The fraction of sp³-hybridized carbons (Fsp3) is 0.833. The number of oxime groups is 1. The van der Waals surface area contributed by atoms with Gasteiger partial charge in [-0.3, -0.25) is 4.79 Å². The molecule has 0 rings (SSSR count). The number of hydrogen-bond acceptors (Lipinski definition) is 4. The molecule has 6 nitrogen and oxygen atoms in total. The SMILES string of the molecule is CC(C)C(C(=O)NCCN(C)C(C)C)C(N)=NO. The smallest absolute Gasteiger partial charge is 0.231 e. The number of carbonyl (C=O) groups is 1. The summed E-state index contributed by atoms with van der Waals surface area (Å²) >= 11 is 0. The first-order valence-corrected chi connectivity index (χ1v) is 6.26. The number of nitrogens with zero attached hydrogens (tertiary/aromatic N) is 2. The van der Waals surface area contributed by atoms with E-state index in [9.17, 15) is 4.79 Å². The van der Waals surface area contributed by atoms with Crippen LogP contribution in [-0.2, 0) is 4.79 Å². The third kappa shape index (κ3) is 5.35. The fourth-order valence-corrected chi connectivity index (χ4v) is 1.56. The lowest BCUT2D eigenvalue weighted by atomic mass is 9.94. The van der Waals surface area contributed by atoms with Gasteiger partial charge in [0.15, 0.2) is 5.84 Å². The topological polar surface area (TPSA) is 91.0 Å². The van der Waals surface area contributed by atoms with Crippen molar-refractivity contribution >= 4 is 11.7 Å². The van der Waals surface area contributed by atoms with Crippen LogP contribution in [-0.4, -0.2) is 48.0 Å². The monoisotopic (exact) mass is 258 g/mol. The van der Waals surface area contributed by atoms with Gasteiger partial charge in [-0.15, -0.1) is 0 Å². The Balaban J connectivity index is 4.29. The molecule has 18 heavy (non-hydrogen) atoms. The van der Waals surface area contributed by atoms with Gasteiger partial charge in [-0.1, -0.05) is 19.0 Å². The van der Waals surface area contributed by atoms with Crippen molar-refractivity contribution in [2.24, 2.45) is 22.7 Å². The number of rotatable bonds is 7. The first kappa shape index (κ1) is 16.7. The third-order valence-corrected chi connectivity index (χ3v) is 3.03. The predicted octanol–water partition coefficient (Wildman–Crippen LogP) is 0.461. The molecular weight excluding hydrogens is 232 g/mol. The molecule has 0 bridgehead atoms. The summed E-state index contributed by atoms with van der Waals surface area (Å²) < 4.78 is 0. The molecule has 0 spiro atoms. The van der Waals surface area contributed by atoms with Gasteiger partial charge in [-0.25, -0.2) is 0 Å². The van der Waals surface area contributed by atoms with E-state index in [1.54, 1.807) is 0 Å². The quantitative estimate of drug-likeness (QED) is 0.268. The average Bonchev–Trinajstić information content (AvgIpc) is 2.27. The van der Waals surface area contributed by atoms with Crippen LogP contribution in [0.15, 0.2) is 5.16 Å². The van der Waals surface area contributed by atoms with Crippen LogP contribution < -0.4 is 11.1 Å². The molecule has 0 aromatic rings. The molecule has 1 amide bonds. The summed E-state index contributed by atoms with van der Waals surface area (Å²) in [6.07, 6.45) is 0. The first-order valence-electron chi connectivity index (χ1n) is 6.26. The van der Waals surface area contributed by atoms with Crippen molar-refractivity contribution in [1.29, 1.82) is 0 Å². The summed E-state index contributed by atoms with van der Waals surface area (Å²) in [5, 5.41) is 14.4. The molecule has 0 fully saturated rings. The number of nitrogens with two attached hydrogens (primary N) is 1. The van der Waals surface area contributed by atoms with E-state index >= 15 is 0 Å². The van der Waals surface area contributed by atoms with E-state index in [1.165, 1.54) is 0 Å². The lowest BCUT2D eigenvalue weighted by molar-refractivity contribution is -0.124. The molecular formula is C12H26N4O2. The molecule has 0 saturated heterocycles. The molecule has 1 atom stereocenters. The van der Waals surface area contributed by atoms with E-state index in [0.717, 1.165) is 6.54 Å². The number of amidine groups is 1. The van der Waals surface area contributed by atoms with E-state index in [1.807, 2.05) is 20.9 Å². The summed E-state index contributed by atoms with van der Waals surface area (Å²) in [4.78, 5) is 14.1. The van der Waals surface area contributed by atoms with E-state index in [2.05, 4.69) is 29.2 Å². The third-order valence-electron chi connectivity index (χ3n) is 3.03. The molecule has 106 valence electrons. The van der Waals surface area contributed by atoms with Gasteiger partial charge >= 0.3 is 0 Å². The van der Waals surface area contributed by atoms with Crippen LogP contribution in [0.4, 0.5) is 0 Å². The Morgan fingerprint density at radius 2 is 1.94 bits per heavy atom. The molecule has 1 unspecified atom stereocenters. The maximum atomic E-state index is 11.9. The predicted molar refractivity (Wildman–Crippen MR) is 72.5 cm³/mol. The molecule has 0 aliphatic heterocycles. The molecule has 0 aliphatic rings. The van der Waals surface area contributed by atoms with Crippen molar-refractivity contribution in [3.63, 3.8) is 0 Å². The summed E-state index contributed by atoms with van der Waals surface area (Å²) in [5.74, 6) is -0.833. The van der Waals surface area contributed by atoms with Gasteiger partial charge in [0.05, 0.1) is 0 Å². The number of amides is 1. The lowest BCUT2D eigenvalue weighted by Crippen LogP contribution is -2.44. The van der Waals surface area contributed by atoms with Crippen molar-refractivity contribution in [1.82, 2.24) is 10.2 Å². The highest BCUT2D eigenvalue weighted by Gasteiger charge is 2.26. The summed E-state index contributed by atoms with van der Waals surface area (Å²) in [6, 6.07) is 0.437. The number of likely N-dealkylation sites (N-methyl/N-ethyl adjacent to an activating group) is 1. The van der Waals surface area contributed by atoms with Gasteiger partial charge in [0, 0.05) is 19.1 Å². The minimum absolute atomic E-state index is 0.0104. The highest BCUT2D eigenvalue weighted by molar-refractivity contribution is 6.02. The van der Waals surface area contributed by atoms with Crippen LogP contribution in [0, 0.1) is 11.8 Å². The minimum Gasteiger partial charge on any atom is -0.409 e. The molecule has 0 heterocycles. The van der Waals surface area contributed by atoms with Crippen LogP contribution >= 0.6 is 0 Å². The zero-order valence-electron chi connectivity index (χ0n) is 12.0. The van der Waals surface area contributed by atoms with Gasteiger partial charge in [-0.05, 0) is 26.8 Å². The molecule has 0 aromatic heterocycles. The van der Waals surface area contributed by atoms with Crippen LogP contribution in [0.3, 0.4) is 0 Å². The Hall–Kier alpha value is -1.30. The second-order valence-corrected chi connectivity index (χ2v) is 5.11. The van der Waals surface area contributed by atoms with Crippen LogP contribution in [0.2, 0.25) is 0 Å². The van der Waals surface area contributed by atoms with Gasteiger partial charge < -0.3 is 21.2 Å². The van der Waals surface area contributed by atoms with Crippen LogP contribution in [0.1, 0.15) is 27.7 Å². The highest BCUT2D eigenvalue weighted by atomic mass is 16.4. The van der Waals surface area contributed by atoms with E-state index in [4.69, 9.17) is 10.9 Å². The Morgan fingerprint density at radius 3 is 2.33 bits per heavy atom. The molecule has 0 saturated carbocycles. The van der Waals surface area contributed by atoms with Gasteiger partial charge in [0.25, 0.3) is 0 Å². The van der Waals surface area contributed by atoms with Gasteiger partial charge in [0.1, 0.15) is 5.92 Å². The Kier molecular flexibility index (Phi) is 7.35. The van der Waals surface area contributed by atoms with Crippen molar-refractivity contribution in [3.8, 4) is 0 Å². The first-order chi connectivity index (χ1) is 8.31. The van der Waals surface area contributed by atoms with E-state index in [-0.39, 0.29) is 17.7 Å². The van der Waals surface area contributed by atoms with Gasteiger partial charge in [-0.2, -0.15) is 0 Å². The molecule has 0 aliphatic carbocycles. The van der Waals surface area contributed by atoms with Gasteiger partial charge in [0.2, 0.25) is 5.91 Å². The number of hydrogen-bond donors (Lipinski definition) is 3. The van der Waals surface area contributed by atoms with Crippen molar-refractivity contribution in [3.05, 3.63) is 0 Å². The number of carbonyl (C=O) groups excluding carboxylic acids is 1. The second kappa shape index (κ2) is 7.92. The Labute approximate surface area is 109 Å². The highest BCUT2D eigenvalue weighted by Crippen LogP contribution is 2.11. The van der Waals surface area contributed by atoms with E-state index in [0.29, 0.717) is 12.6 Å². The molecule has 0 radical (unpaired) electrons. The lowest BCUT2D eigenvalue weighted by Gasteiger charge is -2.23. The Bertz CT molecular complexity index is 290. The largest absolute Gasteiger partial charge is 0.409 e. The minimum atomic E-state index is -0.584. The maximum absolute atomic E-state index is 11.9. The maximum Gasteiger partial charge on any atom is 0.231 e. The van der Waals surface area contributed by atoms with Crippen LogP contribution in [0.5, 0.6) is 0 Å². The summed E-state index contributed by atoms with van der Waals surface area (Å²) in [7, 11) is 2.00. The summed E-state index contributed by atoms with van der Waals surface area (Å²) in [5.41, 5.74) is 5.53. The average molecular weight is 258 g/mol. The summed E-state index contributed by atoms with van der Waals surface area (Å²) in [6.45, 7) is 9.23. The zero-order chi connectivity index (χ0) is 14.3. The standard InChI is InChI=1S/C12H26N4O2/c1-8(2)10(11(13)15-18)12(17)14-6-7-16(5)9(3)4/h8-10,18H,6-7H2,1-5H3,(H2,13,15)(H,14,17).